The van der Waals surface area contributed by atoms with Crippen molar-refractivity contribution in [2.45, 2.75) is 19.9 Å². The summed E-state index contributed by atoms with van der Waals surface area (Å²) >= 11 is 0. The van der Waals surface area contributed by atoms with Gasteiger partial charge in [-0.1, -0.05) is 13.8 Å². The Kier molecular flexibility index (Phi) is 8.01. The molecule has 1 aliphatic heterocycles. The van der Waals surface area contributed by atoms with Gasteiger partial charge in [-0.25, -0.2) is 0 Å². The van der Waals surface area contributed by atoms with Gasteiger partial charge in [0, 0.05) is 31.7 Å². The average Bonchev–Trinajstić information content (AvgIpc) is 2.59. The highest BCUT2D eigenvalue weighted by Crippen LogP contribution is 2.13. The molecule has 1 heterocycles. The van der Waals surface area contributed by atoms with Crippen LogP contribution in [0.15, 0.2) is 24.3 Å². The standard InChI is InChI=1S/C17H25N3O3.ClH/c1-12(2)15(17(22)20-10-8-18-9-11-20)19-16(21)13-4-6-14(23-3)7-5-13;/h4-7,12,15,18H,8-11H2,1-3H3,(H,19,21);1H. The van der Waals surface area contributed by atoms with E-state index < -0.39 is 6.04 Å². The van der Waals surface area contributed by atoms with Gasteiger partial charge >= 0.3 is 0 Å². The highest BCUT2D eigenvalue weighted by molar-refractivity contribution is 5.97. The molecule has 2 rings (SSSR count). The van der Waals surface area contributed by atoms with Gasteiger partial charge in [-0.15, -0.1) is 12.4 Å². The third kappa shape index (κ3) is 5.11. The molecule has 0 aliphatic carbocycles. The highest BCUT2D eigenvalue weighted by Gasteiger charge is 2.29. The smallest absolute Gasteiger partial charge is 0.251 e. The SMILES string of the molecule is COc1ccc(C(=O)NC(C(=O)N2CCNCC2)C(C)C)cc1.Cl. The number of ether oxygens (including phenoxy) is 1. The average molecular weight is 356 g/mol. The third-order valence-corrected chi connectivity index (χ3v) is 4.00. The molecule has 1 fully saturated rings. The Labute approximate surface area is 149 Å². The molecule has 24 heavy (non-hydrogen) atoms. The van der Waals surface area contributed by atoms with Crippen LogP contribution >= 0.6 is 12.4 Å². The number of hydrogen-bond acceptors (Lipinski definition) is 4. The summed E-state index contributed by atoms with van der Waals surface area (Å²) in [6.45, 7) is 6.84. The van der Waals surface area contributed by atoms with Crippen molar-refractivity contribution < 1.29 is 14.3 Å². The maximum atomic E-state index is 12.7. The van der Waals surface area contributed by atoms with Gasteiger partial charge < -0.3 is 20.3 Å². The molecule has 0 aromatic heterocycles. The number of hydrogen-bond donors (Lipinski definition) is 2. The number of rotatable bonds is 5. The summed E-state index contributed by atoms with van der Waals surface area (Å²) in [6.07, 6.45) is 0. The van der Waals surface area contributed by atoms with E-state index in [1.807, 2.05) is 18.7 Å². The maximum absolute atomic E-state index is 12.7. The van der Waals surface area contributed by atoms with E-state index in [9.17, 15) is 9.59 Å². The van der Waals surface area contributed by atoms with Crippen LogP contribution in [0.2, 0.25) is 0 Å². The molecule has 7 heteroatoms. The van der Waals surface area contributed by atoms with Crippen LogP contribution in [-0.2, 0) is 4.79 Å². The minimum atomic E-state index is -0.511. The van der Waals surface area contributed by atoms with Gasteiger partial charge in [-0.05, 0) is 30.2 Å². The summed E-state index contributed by atoms with van der Waals surface area (Å²) in [6, 6.07) is 6.35. The molecule has 1 aromatic carbocycles. The van der Waals surface area contributed by atoms with Crippen LogP contribution in [0.4, 0.5) is 0 Å². The van der Waals surface area contributed by atoms with E-state index in [-0.39, 0.29) is 30.1 Å². The number of methoxy groups -OCH3 is 1. The van der Waals surface area contributed by atoms with Crippen molar-refractivity contribution in [1.29, 1.82) is 0 Å². The van der Waals surface area contributed by atoms with Gasteiger partial charge in [0.2, 0.25) is 5.91 Å². The fourth-order valence-electron chi connectivity index (χ4n) is 2.56. The second-order valence-corrected chi connectivity index (χ2v) is 6.00. The van der Waals surface area contributed by atoms with E-state index in [0.717, 1.165) is 13.1 Å². The van der Waals surface area contributed by atoms with E-state index in [2.05, 4.69) is 10.6 Å². The molecule has 0 spiro atoms. The monoisotopic (exact) mass is 355 g/mol. The van der Waals surface area contributed by atoms with E-state index in [1.165, 1.54) is 0 Å². The zero-order valence-corrected chi connectivity index (χ0v) is 15.2. The fourth-order valence-corrected chi connectivity index (χ4v) is 2.56. The summed E-state index contributed by atoms with van der Waals surface area (Å²) < 4.78 is 5.09. The number of carbonyl (C=O) groups is 2. The van der Waals surface area contributed by atoms with Crippen molar-refractivity contribution in [3.05, 3.63) is 29.8 Å². The third-order valence-electron chi connectivity index (χ3n) is 4.00. The molecule has 6 nitrogen and oxygen atoms in total. The molecule has 1 atom stereocenters. The fraction of sp³-hybridized carbons (Fsp3) is 0.529. The van der Waals surface area contributed by atoms with Crippen molar-refractivity contribution in [3.8, 4) is 5.75 Å². The van der Waals surface area contributed by atoms with Crippen LogP contribution in [0.1, 0.15) is 24.2 Å². The Bertz CT molecular complexity index is 543. The van der Waals surface area contributed by atoms with E-state index in [4.69, 9.17) is 4.74 Å². The van der Waals surface area contributed by atoms with Crippen LogP contribution in [0, 0.1) is 5.92 Å². The molecule has 1 unspecified atom stereocenters. The van der Waals surface area contributed by atoms with Crippen LogP contribution < -0.4 is 15.4 Å². The lowest BCUT2D eigenvalue weighted by Crippen LogP contribution is -2.55. The van der Waals surface area contributed by atoms with Crippen LogP contribution in [0.5, 0.6) is 5.75 Å². The van der Waals surface area contributed by atoms with Gasteiger partial charge in [0.25, 0.3) is 5.91 Å². The van der Waals surface area contributed by atoms with Crippen molar-refractivity contribution >= 4 is 24.2 Å². The minimum absolute atomic E-state index is 0. The van der Waals surface area contributed by atoms with E-state index in [1.54, 1.807) is 31.4 Å². The summed E-state index contributed by atoms with van der Waals surface area (Å²) in [7, 11) is 1.58. The van der Waals surface area contributed by atoms with Crippen molar-refractivity contribution in [3.63, 3.8) is 0 Å². The molecule has 1 aromatic rings. The Hall–Kier alpha value is -1.79. The van der Waals surface area contributed by atoms with Gasteiger partial charge in [0.15, 0.2) is 0 Å². The zero-order chi connectivity index (χ0) is 16.8. The molecule has 0 bridgehead atoms. The van der Waals surface area contributed by atoms with Gasteiger partial charge in [-0.3, -0.25) is 9.59 Å². The highest BCUT2D eigenvalue weighted by atomic mass is 35.5. The number of carbonyl (C=O) groups excluding carboxylic acids is 2. The molecule has 1 aliphatic rings. The van der Waals surface area contributed by atoms with E-state index in [0.29, 0.717) is 24.4 Å². The quantitative estimate of drug-likeness (QED) is 0.835. The van der Waals surface area contributed by atoms with Crippen molar-refractivity contribution in [1.82, 2.24) is 15.5 Å². The van der Waals surface area contributed by atoms with Crippen LogP contribution in [0.25, 0.3) is 0 Å². The molecule has 0 saturated carbocycles. The molecular formula is C17H26ClN3O3. The Morgan fingerprint density at radius 2 is 1.75 bits per heavy atom. The topological polar surface area (TPSA) is 70.7 Å². The number of piperazine rings is 1. The first-order valence-electron chi connectivity index (χ1n) is 7.97. The molecule has 0 radical (unpaired) electrons. The lowest BCUT2D eigenvalue weighted by atomic mass is 10.0. The predicted octanol–water partition coefficient (Wildman–Crippen LogP) is 1.30. The first-order valence-corrected chi connectivity index (χ1v) is 7.97. The van der Waals surface area contributed by atoms with Crippen LogP contribution in [0.3, 0.4) is 0 Å². The summed E-state index contributed by atoms with van der Waals surface area (Å²) in [4.78, 5) is 26.9. The summed E-state index contributed by atoms with van der Waals surface area (Å²) in [5.41, 5.74) is 0.518. The first-order chi connectivity index (χ1) is 11.0. The Balaban J connectivity index is 0.00000288. The van der Waals surface area contributed by atoms with Crippen molar-refractivity contribution in [2.75, 3.05) is 33.3 Å². The molecule has 2 amide bonds. The summed E-state index contributed by atoms with van der Waals surface area (Å²) in [5.74, 6) is 0.469. The Morgan fingerprint density at radius 1 is 1.17 bits per heavy atom. The lowest BCUT2D eigenvalue weighted by Gasteiger charge is -2.32. The Morgan fingerprint density at radius 3 is 2.25 bits per heavy atom. The molecule has 134 valence electrons. The van der Waals surface area contributed by atoms with E-state index >= 15 is 0 Å². The number of nitrogens with one attached hydrogen (secondary N) is 2. The van der Waals surface area contributed by atoms with Gasteiger partial charge in [0.05, 0.1) is 7.11 Å². The summed E-state index contributed by atoms with van der Waals surface area (Å²) in [5, 5.41) is 6.10. The number of amides is 2. The van der Waals surface area contributed by atoms with Gasteiger partial charge in [-0.2, -0.15) is 0 Å². The zero-order valence-electron chi connectivity index (χ0n) is 14.4. The second kappa shape index (κ2) is 9.49. The second-order valence-electron chi connectivity index (χ2n) is 6.00. The van der Waals surface area contributed by atoms with Crippen molar-refractivity contribution in [2.24, 2.45) is 5.92 Å². The molecular weight excluding hydrogens is 330 g/mol. The molecule has 2 N–H and O–H groups in total. The van der Waals surface area contributed by atoms with Gasteiger partial charge in [0.1, 0.15) is 11.8 Å². The predicted molar refractivity (Wildman–Crippen MR) is 95.8 cm³/mol. The lowest BCUT2D eigenvalue weighted by molar-refractivity contribution is -0.134. The number of benzene rings is 1. The van der Waals surface area contributed by atoms with Crippen LogP contribution in [-0.4, -0.2) is 56.0 Å². The normalized spacial score (nSPS) is 15.4. The number of halogens is 1. The number of nitrogens with zero attached hydrogens (tertiary/aromatic N) is 1. The maximum Gasteiger partial charge on any atom is 0.251 e. The minimum Gasteiger partial charge on any atom is -0.497 e. The largest absolute Gasteiger partial charge is 0.497 e. The first kappa shape index (κ1) is 20.3. The molecule has 1 saturated heterocycles.